The molecule has 0 saturated heterocycles. The predicted molar refractivity (Wildman–Crippen MR) is 121 cm³/mol. The molecule has 2 heterocycles. The second-order valence-corrected chi connectivity index (χ2v) is 8.47. The first-order valence-electron chi connectivity index (χ1n) is 10.4. The fraction of sp³-hybridized carbons (Fsp3) is 0.304. The van der Waals surface area contributed by atoms with Gasteiger partial charge in [-0.05, 0) is 48.4 Å². The van der Waals surface area contributed by atoms with Crippen LogP contribution in [0.3, 0.4) is 0 Å². The first kappa shape index (κ1) is 22.2. The Morgan fingerprint density at radius 2 is 1.94 bits per heavy atom. The minimum absolute atomic E-state index is 0.0282. The molecule has 0 unspecified atom stereocenters. The summed E-state index contributed by atoms with van der Waals surface area (Å²) in [6.45, 7) is 4.91. The molecule has 0 bridgehead atoms. The van der Waals surface area contributed by atoms with Gasteiger partial charge in [0.25, 0.3) is 0 Å². The standard InChI is InChI=1S/C23H24ClF2N5O/c1-13(2)21-23-29-20(14-3-5-15(25)6-4-14)22(28-16-7-8-17(24)18(26)11-16)31(23)10-9-30(21)19(32)12-27/h3-8,11,13,21,28H,9-10,12,27H2,1-2H3/t21-/m0/s1. The van der Waals surface area contributed by atoms with Crippen LogP contribution in [0.15, 0.2) is 42.5 Å². The average Bonchev–Trinajstić information content (AvgIpc) is 3.13. The molecular weight excluding hydrogens is 436 g/mol. The van der Waals surface area contributed by atoms with Gasteiger partial charge in [-0.3, -0.25) is 4.79 Å². The Morgan fingerprint density at radius 1 is 1.22 bits per heavy atom. The lowest BCUT2D eigenvalue weighted by Gasteiger charge is -2.38. The predicted octanol–water partition coefficient (Wildman–Crippen LogP) is 4.72. The summed E-state index contributed by atoms with van der Waals surface area (Å²) in [6.07, 6.45) is 0. The minimum atomic E-state index is -0.543. The SMILES string of the molecule is CC(C)[C@H]1c2nc(-c3ccc(F)cc3)c(Nc3ccc(Cl)c(F)c3)n2CCN1C(=O)CN. The molecule has 4 rings (SSSR count). The van der Waals surface area contributed by atoms with E-state index in [1.165, 1.54) is 24.3 Å². The Balaban J connectivity index is 1.86. The van der Waals surface area contributed by atoms with E-state index in [4.69, 9.17) is 22.3 Å². The molecule has 6 nitrogen and oxygen atoms in total. The number of aromatic nitrogens is 2. The second-order valence-electron chi connectivity index (χ2n) is 8.06. The number of imidazole rings is 1. The number of nitrogens with one attached hydrogen (secondary N) is 1. The van der Waals surface area contributed by atoms with Gasteiger partial charge in [0.15, 0.2) is 0 Å². The summed E-state index contributed by atoms with van der Waals surface area (Å²) in [6, 6.07) is 10.2. The van der Waals surface area contributed by atoms with Crippen LogP contribution < -0.4 is 11.1 Å². The fourth-order valence-corrected chi connectivity index (χ4v) is 4.23. The first-order chi connectivity index (χ1) is 15.3. The van der Waals surface area contributed by atoms with Crippen molar-refractivity contribution in [3.8, 4) is 11.3 Å². The number of carbonyl (C=O) groups is 1. The van der Waals surface area contributed by atoms with Crippen molar-refractivity contribution in [2.24, 2.45) is 11.7 Å². The van der Waals surface area contributed by atoms with E-state index in [2.05, 4.69) is 5.32 Å². The fourth-order valence-electron chi connectivity index (χ4n) is 4.11. The van der Waals surface area contributed by atoms with Gasteiger partial charge in [0.05, 0.1) is 17.6 Å². The number of fused-ring (bicyclic) bond motifs is 1. The van der Waals surface area contributed by atoms with Crippen LogP contribution in [0.25, 0.3) is 11.3 Å². The van der Waals surface area contributed by atoms with Crippen LogP contribution in [0.1, 0.15) is 25.7 Å². The van der Waals surface area contributed by atoms with Gasteiger partial charge in [-0.25, -0.2) is 13.8 Å². The summed E-state index contributed by atoms with van der Waals surface area (Å²) < 4.78 is 29.6. The highest BCUT2D eigenvalue weighted by molar-refractivity contribution is 6.30. The molecule has 9 heteroatoms. The zero-order chi connectivity index (χ0) is 23.0. The molecular formula is C23H24ClF2N5O. The Morgan fingerprint density at radius 3 is 2.56 bits per heavy atom. The molecule has 3 aromatic rings. The first-order valence-corrected chi connectivity index (χ1v) is 10.8. The van der Waals surface area contributed by atoms with Gasteiger partial charge in [0.1, 0.15) is 29.0 Å². The quantitative estimate of drug-likeness (QED) is 0.578. The topological polar surface area (TPSA) is 76.2 Å². The number of amides is 1. The minimum Gasteiger partial charge on any atom is -0.340 e. The second kappa shape index (κ2) is 8.88. The van der Waals surface area contributed by atoms with Crippen molar-refractivity contribution in [2.75, 3.05) is 18.4 Å². The number of halogens is 3. The molecule has 0 aliphatic carbocycles. The van der Waals surface area contributed by atoms with E-state index in [0.717, 1.165) is 0 Å². The maximum atomic E-state index is 14.1. The highest BCUT2D eigenvalue weighted by atomic mass is 35.5. The van der Waals surface area contributed by atoms with Crippen molar-refractivity contribution in [1.29, 1.82) is 0 Å². The molecule has 0 radical (unpaired) electrons. The van der Waals surface area contributed by atoms with E-state index >= 15 is 0 Å². The summed E-state index contributed by atoms with van der Waals surface area (Å²) in [5.74, 6) is 0.373. The van der Waals surface area contributed by atoms with Crippen LogP contribution in [0, 0.1) is 17.6 Å². The summed E-state index contributed by atoms with van der Waals surface area (Å²) in [5, 5.41) is 3.29. The van der Waals surface area contributed by atoms with Crippen molar-refractivity contribution in [3.63, 3.8) is 0 Å². The molecule has 32 heavy (non-hydrogen) atoms. The Hall–Kier alpha value is -2.97. The van der Waals surface area contributed by atoms with E-state index in [1.54, 1.807) is 23.1 Å². The lowest BCUT2D eigenvalue weighted by Crippen LogP contribution is -2.46. The Labute approximate surface area is 190 Å². The number of hydrogen-bond donors (Lipinski definition) is 2. The molecule has 1 aliphatic rings. The van der Waals surface area contributed by atoms with Crippen molar-refractivity contribution >= 4 is 29.0 Å². The van der Waals surface area contributed by atoms with Crippen LogP contribution in [-0.2, 0) is 11.3 Å². The maximum Gasteiger partial charge on any atom is 0.236 e. The number of rotatable bonds is 5. The summed E-state index contributed by atoms with van der Waals surface area (Å²) in [4.78, 5) is 19.1. The average molecular weight is 460 g/mol. The number of benzene rings is 2. The molecule has 0 fully saturated rings. The van der Waals surface area contributed by atoms with Gasteiger partial charge in [-0.2, -0.15) is 0 Å². The third-order valence-corrected chi connectivity index (χ3v) is 5.89. The number of carbonyl (C=O) groups excluding carboxylic acids is 1. The number of hydrogen-bond acceptors (Lipinski definition) is 4. The van der Waals surface area contributed by atoms with E-state index in [9.17, 15) is 13.6 Å². The van der Waals surface area contributed by atoms with Gasteiger partial charge < -0.3 is 20.5 Å². The zero-order valence-electron chi connectivity index (χ0n) is 17.8. The normalized spacial score (nSPS) is 15.7. The summed E-state index contributed by atoms with van der Waals surface area (Å²) in [5.41, 5.74) is 7.43. The summed E-state index contributed by atoms with van der Waals surface area (Å²) in [7, 11) is 0. The Kier molecular flexibility index (Phi) is 6.17. The van der Waals surface area contributed by atoms with E-state index < -0.39 is 5.82 Å². The maximum absolute atomic E-state index is 14.1. The van der Waals surface area contributed by atoms with Gasteiger partial charge in [0.2, 0.25) is 5.91 Å². The number of anilines is 2. The molecule has 0 saturated carbocycles. The zero-order valence-corrected chi connectivity index (χ0v) is 18.5. The molecule has 2 aromatic carbocycles. The molecule has 1 aliphatic heterocycles. The van der Waals surface area contributed by atoms with Crippen LogP contribution in [0.2, 0.25) is 5.02 Å². The summed E-state index contributed by atoms with van der Waals surface area (Å²) >= 11 is 5.83. The molecule has 1 amide bonds. The van der Waals surface area contributed by atoms with Crippen LogP contribution >= 0.6 is 11.6 Å². The van der Waals surface area contributed by atoms with Crippen molar-refractivity contribution in [2.45, 2.75) is 26.4 Å². The smallest absolute Gasteiger partial charge is 0.236 e. The number of nitrogens with two attached hydrogens (primary N) is 1. The van der Waals surface area contributed by atoms with Crippen molar-refractivity contribution < 1.29 is 13.6 Å². The largest absolute Gasteiger partial charge is 0.340 e. The van der Waals surface area contributed by atoms with E-state index in [0.29, 0.717) is 41.7 Å². The van der Waals surface area contributed by atoms with Gasteiger partial charge >= 0.3 is 0 Å². The van der Waals surface area contributed by atoms with Crippen molar-refractivity contribution in [1.82, 2.24) is 14.5 Å². The van der Waals surface area contributed by atoms with Gasteiger partial charge in [-0.15, -0.1) is 0 Å². The highest BCUT2D eigenvalue weighted by Gasteiger charge is 2.36. The lowest BCUT2D eigenvalue weighted by molar-refractivity contribution is -0.134. The van der Waals surface area contributed by atoms with Gasteiger partial charge in [0, 0.05) is 24.3 Å². The van der Waals surface area contributed by atoms with Gasteiger partial charge in [-0.1, -0.05) is 25.4 Å². The third kappa shape index (κ3) is 4.08. The monoisotopic (exact) mass is 459 g/mol. The third-order valence-electron chi connectivity index (χ3n) is 5.59. The van der Waals surface area contributed by atoms with Crippen LogP contribution in [-0.4, -0.2) is 33.4 Å². The molecule has 168 valence electrons. The lowest BCUT2D eigenvalue weighted by atomic mass is 9.99. The van der Waals surface area contributed by atoms with Crippen molar-refractivity contribution in [3.05, 3.63) is 64.9 Å². The molecule has 0 spiro atoms. The van der Waals surface area contributed by atoms with E-state index in [1.807, 2.05) is 18.4 Å². The van der Waals surface area contributed by atoms with Crippen LogP contribution in [0.5, 0.6) is 0 Å². The Bertz CT molecular complexity index is 1150. The van der Waals surface area contributed by atoms with Crippen LogP contribution in [0.4, 0.5) is 20.3 Å². The van der Waals surface area contributed by atoms with E-state index in [-0.39, 0.29) is 35.3 Å². The number of nitrogens with zero attached hydrogens (tertiary/aromatic N) is 3. The molecule has 1 aromatic heterocycles. The highest BCUT2D eigenvalue weighted by Crippen LogP contribution is 2.39. The molecule has 3 N–H and O–H groups in total. The molecule has 1 atom stereocenters.